The maximum absolute atomic E-state index is 12.3. The summed E-state index contributed by atoms with van der Waals surface area (Å²) in [7, 11) is 3.06. The van der Waals surface area contributed by atoms with E-state index in [1.165, 1.54) is 7.11 Å². The van der Waals surface area contributed by atoms with E-state index in [0.29, 0.717) is 42.3 Å². The van der Waals surface area contributed by atoms with Gasteiger partial charge in [-0.2, -0.15) is 0 Å². The molecular weight excluding hydrogens is 346 g/mol. The van der Waals surface area contributed by atoms with Gasteiger partial charge in [0.1, 0.15) is 0 Å². The SMILES string of the molecule is COc1ccc(C(=O)NCc2ccc(C(=O)NCCCN)cc2)cc1OC. The fourth-order valence-electron chi connectivity index (χ4n) is 2.44. The molecule has 0 aliphatic rings. The summed E-state index contributed by atoms with van der Waals surface area (Å²) in [6.45, 7) is 1.44. The molecule has 0 radical (unpaired) electrons. The van der Waals surface area contributed by atoms with Crippen molar-refractivity contribution in [2.24, 2.45) is 5.73 Å². The largest absolute Gasteiger partial charge is 0.493 e. The number of hydrogen-bond donors (Lipinski definition) is 3. The second kappa shape index (κ2) is 10.2. The van der Waals surface area contributed by atoms with Crippen molar-refractivity contribution in [3.05, 3.63) is 59.2 Å². The number of ether oxygens (including phenoxy) is 2. The third-order valence-electron chi connectivity index (χ3n) is 3.98. The fraction of sp³-hybridized carbons (Fsp3) is 0.300. The van der Waals surface area contributed by atoms with Crippen LogP contribution in [0.2, 0.25) is 0 Å². The van der Waals surface area contributed by atoms with Crippen molar-refractivity contribution in [1.29, 1.82) is 0 Å². The number of methoxy groups -OCH3 is 2. The summed E-state index contributed by atoms with van der Waals surface area (Å²) in [6, 6.07) is 12.1. The molecule has 0 saturated carbocycles. The average Bonchev–Trinajstić information content (AvgIpc) is 2.71. The molecule has 7 nitrogen and oxygen atoms in total. The first kappa shape index (κ1) is 20.3. The number of hydrogen-bond acceptors (Lipinski definition) is 5. The van der Waals surface area contributed by atoms with Crippen LogP contribution in [0.3, 0.4) is 0 Å². The molecule has 2 rings (SSSR count). The van der Waals surface area contributed by atoms with Crippen LogP contribution in [-0.2, 0) is 6.54 Å². The van der Waals surface area contributed by atoms with E-state index in [1.807, 2.05) is 12.1 Å². The Morgan fingerprint density at radius 2 is 1.52 bits per heavy atom. The zero-order chi connectivity index (χ0) is 19.6. The normalized spacial score (nSPS) is 10.2. The lowest BCUT2D eigenvalue weighted by Crippen LogP contribution is -2.26. The Morgan fingerprint density at radius 1 is 0.889 bits per heavy atom. The number of carbonyl (C=O) groups excluding carboxylic acids is 2. The van der Waals surface area contributed by atoms with Crippen molar-refractivity contribution in [2.45, 2.75) is 13.0 Å². The number of benzene rings is 2. The fourth-order valence-corrected chi connectivity index (χ4v) is 2.44. The van der Waals surface area contributed by atoms with E-state index >= 15 is 0 Å². The lowest BCUT2D eigenvalue weighted by atomic mass is 10.1. The van der Waals surface area contributed by atoms with Crippen molar-refractivity contribution in [3.63, 3.8) is 0 Å². The molecule has 0 spiro atoms. The van der Waals surface area contributed by atoms with Crippen molar-refractivity contribution in [2.75, 3.05) is 27.3 Å². The van der Waals surface area contributed by atoms with Crippen LogP contribution in [0.5, 0.6) is 11.5 Å². The van der Waals surface area contributed by atoms with Crippen molar-refractivity contribution in [3.8, 4) is 11.5 Å². The van der Waals surface area contributed by atoms with Gasteiger partial charge in [0.2, 0.25) is 0 Å². The molecule has 144 valence electrons. The van der Waals surface area contributed by atoms with E-state index in [4.69, 9.17) is 15.2 Å². The van der Waals surface area contributed by atoms with Crippen molar-refractivity contribution in [1.82, 2.24) is 10.6 Å². The smallest absolute Gasteiger partial charge is 0.251 e. The van der Waals surface area contributed by atoms with Crippen LogP contribution < -0.4 is 25.8 Å². The minimum Gasteiger partial charge on any atom is -0.493 e. The molecule has 27 heavy (non-hydrogen) atoms. The molecule has 0 saturated heterocycles. The monoisotopic (exact) mass is 371 g/mol. The van der Waals surface area contributed by atoms with Gasteiger partial charge >= 0.3 is 0 Å². The molecular formula is C20H25N3O4. The van der Waals surface area contributed by atoms with Crippen LogP contribution in [-0.4, -0.2) is 39.1 Å². The van der Waals surface area contributed by atoms with Gasteiger partial charge in [-0.1, -0.05) is 12.1 Å². The topological polar surface area (TPSA) is 103 Å². The summed E-state index contributed by atoms with van der Waals surface area (Å²) < 4.78 is 10.4. The Bertz CT molecular complexity index is 775. The first-order chi connectivity index (χ1) is 13.1. The summed E-state index contributed by atoms with van der Waals surface area (Å²) in [4.78, 5) is 24.3. The average molecular weight is 371 g/mol. The Morgan fingerprint density at radius 3 is 2.15 bits per heavy atom. The molecule has 2 amide bonds. The summed E-state index contributed by atoms with van der Waals surface area (Å²) in [5, 5.41) is 5.65. The molecule has 0 unspecified atom stereocenters. The van der Waals surface area contributed by atoms with Gasteiger partial charge in [-0.05, 0) is 48.9 Å². The molecule has 0 aliphatic carbocycles. The number of nitrogens with one attached hydrogen (secondary N) is 2. The zero-order valence-corrected chi connectivity index (χ0v) is 15.6. The molecule has 0 heterocycles. The summed E-state index contributed by atoms with van der Waals surface area (Å²) in [5.41, 5.74) is 7.34. The van der Waals surface area contributed by atoms with E-state index in [1.54, 1.807) is 37.4 Å². The third kappa shape index (κ3) is 5.72. The zero-order valence-electron chi connectivity index (χ0n) is 15.6. The van der Waals surface area contributed by atoms with E-state index in [0.717, 1.165) is 12.0 Å². The van der Waals surface area contributed by atoms with Crippen LogP contribution in [0.4, 0.5) is 0 Å². The van der Waals surface area contributed by atoms with Gasteiger partial charge in [0, 0.05) is 24.2 Å². The molecule has 4 N–H and O–H groups in total. The predicted molar refractivity (Wildman–Crippen MR) is 103 cm³/mol. The van der Waals surface area contributed by atoms with E-state index in [9.17, 15) is 9.59 Å². The quantitative estimate of drug-likeness (QED) is 0.583. The molecule has 2 aromatic rings. The van der Waals surface area contributed by atoms with Crippen molar-refractivity contribution >= 4 is 11.8 Å². The second-order valence-electron chi connectivity index (χ2n) is 5.85. The lowest BCUT2D eigenvalue weighted by molar-refractivity contribution is 0.0942. The highest BCUT2D eigenvalue weighted by molar-refractivity contribution is 5.95. The van der Waals surface area contributed by atoms with Crippen LogP contribution in [0.25, 0.3) is 0 Å². The molecule has 0 bridgehead atoms. The van der Waals surface area contributed by atoms with Gasteiger partial charge in [-0.15, -0.1) is 0 Å². The van der Waals surface area contributed by atoms with Crippen molar-refractivity contribution < 1.29 is 19.1 Å². The predicted octanol–water partition coefficient (Wildman–Crippen LogP) is 1.71. The van der Waals surface area contributed by atoms with E-state index in [-0.39, 0.29) is 11.8 Å². The number of amides is 2. The molecule has 2 aromatic carbocycles. The maximum Gasteiger partial charge on any atom is 0.251 e. The molecule has 7 heteroatoms. The van der Waals surface area contributed by atoms with Gasteiger partial charge in [0.15, 0.2) is 11.5 Å². The van der Waals surface area contributed by atoms with Crippen LogP contribution in [0, 0.1) is 0 Å². The van der Waals surface area contributed by atoms with Crippen LogP contribution in [0.15, 0.2) is 42.5 Å². The van der Waals surface area contributed by atoms with Gasteiger partial charge in [-0.25, -0.2) is 0 Å². The van der Waals surface area contributed by atoms with Gasteiger partial charge in [0.25, 0.3) is 11.8 Å². The maximum atomic E-state index is 12.3. The second-order valence-corrected chi connectivity index (χ2v) is 5.85. The lowest BCUT2D eigenvalue weighted by Gasteiger charge is -2.10. The Kier molecular flexibility index (Phi) is 7.63. The highest BCUT2D eigenvalue weighted by atomic mass is 16.5. The van der Waals surface area contributed by atoms with E-state index in [2.05, 4.69) is 10.6 Å². The van der Waals surface area contributed by atoms with E-state index < -0.39 is 0 Å². The number of carbonyl (C=O) groups is 2. The molecule has 0 aromatic heterocycles. The van der Waals surface area contributed by atoms with Gasteiger partial charge in [-0.3, -0.25) is 9.59 Å². The minimum atomic E-state index is -0.223. The van der Waals surface area contributed by atoms with Gasteiger partial charge < -0.3 is 25.8 Å². The molecule has 0 atom stereocenters. The number of rotatable bonds is 9. The summed E-state index contributed by atoms with van der Waals surface area (Å²) >= 11 is 0. The highest BCUT2D eigenvalue weighted by Crippen LogP contribution is 2.27. The number of nitrogens with two attached hydrogens (primary N) is 1. The minimum absolute atomic E-state index is 0.135. The first-order valence-electron chi connectivity index (χ1n) is 8.66. The molecule has 0 fully saturated rings. The summed E-state index contributed by atoms with van der Waals surface area (Å²) in [5.74, 6) is 0.702. The summed E-state index contributed by atoms with van der Waals surface area (Å²) in [6.07, 6.45) is 0.742. The Balaban J connectivity index is 1.92. The third-order valence-corrected chi connectivity index (χ3v) is 3.98. The first-order valence-corrected chi connectivity index (χ1v) is 8.66. The Labute approximate surface area is 158 Å². The molecule has 0 aliphatic heterocycles. The standard InChI is InChI=1S/C20H25N3O4/c1-26-17-9-8-16(12-18(17)27-2)20(25)23-13-14-4-6-15(7-5-14)19(24)22-11-3-10-21/h4-9,12H,3,10-11,13,21H2,1-2H3,(H,22,24)(H,23,25). The van der Waals surface area contributed by atoms with Crippen LogP contribution >= 0.6 is 0 Å². The Hall–Kier alpha value is -3.06. The highest BCUT2D eigenvalue weighted by Gasteiger charge is 2.11. The van der Waals surface area contributed by atoms with Crippen LogP contribution in [0.1, 0.15) is 32.7 Å². The van der Waals surface area contributed by atoms with Gasteiger partial charge in [0.05, 0.1) is 14.2 Å².